The highest BCUT2D eigenvalue weighted by Gasteiger charge is 2.32. The SMILES string of the molecule is Cc1cc(C(C)(C)C)cc(C)c1S(=O)(=O)N1CCN(Cn2ncn(C3CC3)c2=S)CC1. The Morgan fingerprint density at radius 3 is 2.16 bits per heavy atom. The van der Waals surface area contributed by atoms with Crippen molar-refractivity contribution < 1.29 is 8.42 Å². The molecule has 1 aromatic carbocycles. The Morgan fingerprint density at radius 1 is 1.06 bits per heavy atom. The van der Waals surface area contributed by atoms with Crippen molar-refractivity contribution in [1.29, 1.82) is 0 Å². The first-order valence-corrected chi connectivity index (χ1v) is 12.8. The van der Waals surface area contributed by atoms with Crippen molar-refractivity contribution >= 4 is 22.2 Å². The third kappa shape index (κ3) is 4.51. The molecule has 0 unspecified atom stereocenters. The number of piperazine rings is 1. The van der Waals surface area contributed by atoms with E-state index in [1.807, 2.05) is 37.0 Å². The largest absolute Gasteiger partial charge is 0.303 e. The van der Waals surface area contributed by atoms with Crippen LogP contribution in [0, 0.1) is 18.6 Å². The lowest BCUT2D eigenvalue weighted by Crippen LogP contribution is -2.49. The number of aryl methyl sites for hydroxylation is 2. The summed E-state index contributed by atoms with van der Waals surface area (Å²) in [6.07, 6.45) is 4.17. The minimum atomic E-state index is -3.53. The maximum atomic E-state index is 13.5. The van der Waals surface area contributed by atoms with Crippen LogP contribution in [0.25, 0.3) is 0 Å². The molecule has 2 fully saturated rings. The van der Waals surface area contributed by atoms with Crippen molar-refractivity contribution in [2.45, 2.75) is 70.5 Å². The summed E-state index contributed by atoms with van der Waals surface area (Å²) < 4.78 is 33.2. The molecule has 0 bridgehead atoms. The topological polar surface area (TPSA) is 63.4 Å². The molecule has 1 aliphatic heterocycles. The molecule has 4 rings (SSSR count). The fraction of sp³-hybridized carbons (Fsp3) is 0.636. The second-order valence-electron chi connectivity index (χ2n) is 9.90. The van der Waals surface area contributed by atoms with Gasteiger partial charge in [-0.15, -0.1) is 0 Å². The lowest BCUT2D eigenvalue weighted by Gasteiger charge is -2.34. The number of benzene rings is 1. The molecule has 9 heteroatoms. The average molecular weight is 464 g/mol. The summed E-state index contributed by atoms with van der Waals surface area (Å²) in [5, 5.41) is 4.44. The van der Waals surface area contributed by atoms with Gasteiger partial charge in [-0.1, -0.05) is 32.9 Å². The zero-order valence-electron chi connectivity index (χ0n) is 19.1. The molecule has 1 aliphatic carbocycles. The minimum Gasteiger partial charge on any atom is -0.303 e. The lowest BCUT2D eigenvalue weighted by atomic mass is 9.85. The van der Waals surface area contributed by atoms with Crippen molar-refractivity contribution in [1.82, 2.24) is 23.6 Å². The quantitative estimate of drug-likeness (QED) is 0.634. The van der Waals surface area contributed by atoms with E-state index < -0.39 is 10.0 Å². The van der Waals surface area contributed by atoms with E-state index in [2.05, 4.69) is 35.3 Å². The van der Waals surface area contributed by atoms with Gasteiger partial charge in [-0.25, -0.2) is 13.1 Å². The first-order valence-electron chi connectivity index (χ1n) is 11.0. The van der Waals surface area contributed by atoms with E-state index >= 15 is 0 Å². The Kier molecular flexibility index (Phi) is 5.91. The fourth-order valence-corrected chi connectivity index (χ4v) is 6.41. The van der Waals surface area contributed by atoms with Crippen molar-refractivity contribution in [2.24, 2.45) is 0 Å². The number of sulfonamides is 1. The lowest BCUT2D eigenvalue weighted by molar-refractivity contribution is 0.144. The van der Waals surface area contributed by atoms with E-state index in [-0.39, 0.29) is 5.41 Å². The number of hydrogen-bond donors (Lipinski definition) is 0. The zero-order chi connectivity index (χ0) is 22.6. The Morgan fingerprint density at radius 2 is 1.65 bits per heavy atom. The summed E-state index contributed by atoms with van der Waals surface area (Å²) in [5.41, 5.74) is 2.79. The summed E-state index contributed by atoms with van der Waals surface area (Å²) in [6, 6.07) is 4.56. The Hall–Kier alpha value is -1.55. The molecule has 0 amide bonds. The van der Waals surface area contributed by atoms with Crippen LogP contribution in [-0.4, -0.2) is 58.1 Å². The highest BCUT2D eigenvalue weighted by Crippen LogP contribution is 2.35. The van der Waals surface area contributed by atoms with Crippen molar-refractivity contribution in [3.63, 3.8) is 0 Å². The Labute approximate surface area is 190 Å². The molecular formula is C22H33N5O2S2. The molecule has 7 nitrogen and oxygen atoms in total. The molecule has 2 aliphatic rings. The molecule has 1 saturated carbocycles. The number of rotatable bonds is 5. The van der Waals surface area contributed by atoms with Crippen LogP contribution in [0.3, 0.4) is 0 Å². The highest BCUT2D eigenvalue weighted by molar-refractivity contribution is 7.89. The second kappa shape index (κ2) is 8.10. The van der Waals surface area contributed by atoms with E-state index in [1.54, 1.807) is 4.31 Å². The van der Waals surface area contributed by atoms with Crippen molar-refractivity contribution in [2.75, 3.05) is 26.2 Å². The molecule has 2 aromatic rings. The third-order valence-electron chi connectivity index (χ3n) is 6.29. The Balaban J connectivity index is 1.46. The van der Waals surface area contributed by atoms with Crippen LogP contribution < -0.4 is 0 Å². The van der Waals surface area contributed by atoms with Crippen LogP contribution >= 0.6 is 12.2 Å². The highest BCUT2D eigenvalue weighted by atomic mass is 32.2. The van der Waals surface area contributed by atoms with Crippen LogP contribution in [0.15, 0.2) is 23.4 Å². The Bertz CT molecular complexity index is 1110. The monoisotopic (exact) mass is 463 g/mol. The van der Waals surface area contributed by atoms with Crippen LogP contribution in [0.1, 0.15) is 56.3 Å². The molecule has 170 valence electrons. The van der Waals surface area contributed by atoms with Crippen LogP contribution in [0.5, 0.6) is 0 Å². The maximum Gasteiger partial charge on any atom is 0.243 e. The van der Waals surface area contributed by atoms with E-state index in [1.165, 1.54) is 12.8 Å². The van der Waals surface area contributed by atoms with Gasteiger partial charge in [0.25, 0.3) is 0 Å². The predicted molar refractivity (Wildman–Crippen MR) is 124 cm³/mol. The first kappa shape index (κ1) is 22.6. The molecule has 2 heterocycles. The summed E-state index contributed by atoms with van der Waals surface area (Å²) in [7, 11) is -3.53. The number of nitrogens with zero attached hydrogens (tertiary/aromatic N) is 5. The summed E-state index contributed by atoms with van der Waals surface area (Å²) >= 11 is 5.55. The third-order valence-corrected chi connectivity index (χ3v) is 8.91. The van der Waals surface area contributed by atoms with E-state index in [9.17, 15) is 8.42 Å². The minimum absolute atomic E-state index is 0.0167. The molecule has 0 atom stereocenters. The van der Waals surface area contributed by atoms with Gasteiger partial charge in [-0.05, 0) is 61.0 Å². The normalized spacial score (nSPS) is 19.1. The van der Waals surface area contributed by atoms with E-state index in [0.717, 1.165) is 21.5 Å². The van der Waals surface area contributed by atoms with Gasteiger partial charge >= 0.3 is 0 Å². The number of aromatic nitrogens is 3. The first-order chi connectivity index (χ1) is 14.5. The van der Waals surface area contributed by atoms with Gasteiger partial charge < -0.3 is 4.57 Å². The van der Waals surface area contributed by atoms with Gasteiger partial charge in [0.05, 0.1) is 11.6 Å². The van der Waals surface area contributed by atoms with Crippen LogP contribution in [0.4, 0.5) is 0 Å². The molecule has 1 aromatic heterocycles. The van der Waals surface area contributed by atoms with Crippen molar-refractivity contribution in [3.8, 4) is 0 Å². The molecule has 31 heavy (non-hydrogen) atoms. The molecule has 1 saturated heterocycles. The van der Waals surface area contributed by atoms with Gasteiger partial charge in [-0.3, -0.25) is 4.90 Å². The zero-order valence-corrected chi connectivity index (χ0v) is 20.8. The summed E-state index contributed by atoms with van der Waals surface area (Å²) in [4.78, 5) is 2.67. The van der Waals surface area contributed by atoms with E-state index in [0.29, 0.717) is 43.8 Å². The molecular weight excluding hydrogens is 430 g/mol. The average Bonchev–Trinajstić information content (AvgIpc) is 3.45. The van der Waals surface area contributed by atoms with Gasteiger partial charge in [0.2, 0.25) is 10.0 Å². The number of hydrogen-bond acceptors (Lipinski definition) is 5. The molecule has 0 radical (unpaired) electrons. The van der Waals surface area contributed by atoms with Gasteiger partial charge in [0.15, 0.2) is 4.77 Å². The van der Waals surface area contributed by atoms with Crippen LogP contribution in [0.2, 0.25) is 0 Å². The van der Waals surface area contributed by atoms with Crippen LogP contribution in [-0.2, 0) is 22.1 Å². The van der Waals surface area contributed by atoms with Gasteiger partial charge in [0, 0.05) is 32.2 Å². The smallest absolute Gasteiger partial charge is 0.243 e. The molecule has 0 N–H and O–H groups in total. The van der Waals surface area contributed by atoms with Crippen molar-refractivity contribution in [3.05, 3.63) is 39.9 Å². The maximum absolute atomic E-state index is 13.5. The van der Waals surface area contributed by atoms with Gasteiger partial charge in [-0.2, -0.15) is 9.40 Å². The van der Waals surface area contributed by atoms with Gasteiger partial charge in [0.1, 0.15) is 6.33 Å². The standard InChI is InChI=1S/C22H33N5O2S2/c1-16-12-18(22(3,4)5)13-17(2)20(16)31(28,29)25-10-8-24(9-11-25)15-27-21(30)26(14-23-27)19-6-7-19/h12-14,19H,6-11,15H2,1-5H3. The summed E-state index contributed by atoms with van der Waals surface area (Å²) in [5.74, 6) is 0. The summed E-state index contributed by atoms with van der Waals surface area (Å²) in [6.45, 7) is 13.1. The predicted octanol–water partition coefficient (Wildman–Crippen LogP) is 3.63. The second-order valence-corrected chi connectivity index (χ2v) is 12.1. The molecule has 0 spiro atoms. The van der Waals surface area contributed by atoms with E-state index in [4.69, 9.17) is 12.2 Å². The fourth-order valence-electron chi connectivity index (χ4n) is 4.27.